The molecule has 0 saturated heterocycles. The Labute approximate surface area is 406 Å². The summed E-state index contributed by atoms with van der Waals surface area (Å²) in [6, 6.07) is 39.9. The molecule has 6 aromatic carbocycles. The maximum absolute atomic E-state index is 15.4. The fraction of sp³-hybridized carbons (Fsp3) is 0.316. The zero-order valence-corrected chi connectivity index (χ0v) is 43.9. The number of hydrogen-bond acceptors (Lipinski definition) is 6. The Morgan fingerprint density at radius 3 is 1.29 bits per heavy atom. The van der Waals surface area contributed by atoms with E-state index in [0.29, 0.717) is 54.2 Å². The average Bonchev–Trinajstić information content (AvgIpc) is 3.29. The summed E-state index contributed by atoms with van der Waals surface area (Å²) in [5, 5.41) is 12.2. The molecule has 6 rings (SSSR count). The molecule has 8 nitrogen and oxygen atoms in total. The van der Waals surface area contributed by atoms with Gasteiger partial charge in [-0.2, -0.15) is 0 Å². The minimum Gasteiger partial charge on any atom is -0.293 e. The second kappa shape index (κ2) is 23.6. The molecule has 68 heavy (non-hydrogen) atoms. The Kier molecular flexibility index (Phi) is 18.2. The average molecular weight is 968 g/mol. The van der Waals surface area contributed by atoms with Gasteiger partial charge in [0, 0.05) is 40.4 Å². The number of unbranched alkanes of at least 4 members (excludes halogenated alkanes) is 1. The van der Waals surface area contributed by atoms with Crippen LogP contribution >= 0.6 is 22.7 Å². The molecule has 0 heterocycles. The van der Waals surface area contributed by atoms with E-state index in [4.69, 9.17) is 0 Å². The predicted octanol–water partition coefficient (Wildman–Crippen LogP) is 12.5. The van der Waals surface area contributed by atoms with E-state index in [1.165, 1.54) is 0 Å². The fourth-order valence-electron chi connectivity index (χ4n) is 9.65. The summed E-state index contributed by atoms with van der Waals surface area (Å²) in [6.45, 7) is 18.9. The number of carbonyl (C=O) groups is 3. The summed E-state index contributed by atoms with van der Waals surface area (Å²) in [6.07, 6.45) is 3.51. The number of rotatable bonds is 23. The highest BCUT2D eigenvalue weighted by Crippen LogP contribution is 2.47. The van der Waals surface area contributed by atoms with Crippen LogP contribution in [-0.4, -0.2) is 36.2 Å². The first kappa shape index (κ1) is 52.5. The number of nitrogens with one attached hydrogen (secondary N) is 3. The number of aryl methyl sites for hydroxylation is 9. The van der Waals surface area contributed by atoms with Crippen molar-refractivity contribution in [3.8, 4) is 0 Å². The molecule has 4 atom stereocenters. The molecule has 0 saturated carbocycles. The van der Waals surface area contributed by atoms with E-state index < -0.39 is 33.7 Å². The van der Waals surface area contributed by atoms with E-state index in [1.807, 2.05) is 153 Å². The lowest BCUT2D eigenvalue weighted by molar-refractivity contribution is 0.106. The van der Waals surface area contributed by atoms with Crippen LogP contribution in [0.25, 0.3) is 0 Å². The molecule has 356 valence electrons. The highest BCUT2D eigenvalue weighted by Gasteiger charge is 2.38. The Hall–Kier alpha value is -4.90. The molecule has 4 unspecified atom stereocenters. The molecule has 6 aromatic rings. The molecule has 0 fully saturated rings. The van der Waals surface area contributed by atoms with Crippen LogP contribution in [0.4, 0.5) is 0 Å². The third-order valence-electron chi connectivity index (χ3n) is 12.7. The molecule has 3 N–H and O–H groups in total. The summed E-state index contributed by atoms with van der Waals surface area (Å²) in [7, 11) is -8.99. The Morgan fingerprint density at radius 2 is 0.853 bits per heavy atom. The number of carbonyl (C=O) groups excluding carboxylic acids is 3. The lowest BCUT2D eigenvalue weighted by atomic mass is 9.97. The van der Waals surface area contributed by atoms with Gasteiger partial charge in [-0.15, -0.1) is 0 Å². The van der Waals surface area contributed by atoms with Crippen LogP contribution in [-0.2, 0) is 9.13 Å². The standard InChI is InChI=1S/C57H68N3O5P3/c1-39-32-42(4)52(43(5)33-39)55(61)66(49-24-13-10-14-25-49)58-30-21-23-48(38-60-68(65,51-28-17-12-18-29-51)57(63)54-46(8)36-41(3)37-47(54)9)22-19-20-31-59-67(64,50-26-15-11-16-27-50)56(62)53-44(6)34-40(2)35-45(53)7/h10-18,24-29,32-37,48,58H,19-23,30-31,38H2,1-9H3,(H,59,64)(H,60,65). The minimum absolute atomic E-state index is 0.0116. The maximum atomic E-state index is 15.4. The summed E-state index contributed by atoms with van der Waals surface area (Å²) in [5.74, 6) is -0.0116. The first-order valence-electron chi connectivity index (χ1n) is 23.7. The second-order valence-corrected chi connectivity index (χ2v) is 25.3. The molecule has 0 aliphatic carbocycles. The molecule has 0 amide bonds. The van der Waals surface area contributed by atoms with Gasteiger partial charge in [-0.3, -0.25) is 38.8 Å². The number of benzene rings is 6. The van der Waals surface area contributed by atoms with Crippen molar-refractivity contribution in [1.82, 2.24) is 15.3 Å². The quantitative estimate of drug-likeness (QED) is 0.0429. The Morgan fingerprint density at radius 1 is 0.471 bits per heavy atom. The van der Waals surface area contributed by atoms with Gasteiger partial charge in [0.05, 0.1) is 8.07 Å². The molecule has 0 aromatic heterocycles. The number of hydrogen-bond donors (Lipinski definition) is 3. The van der Waals surface area contributed by atoms with Crippen molar-refractivity contribution in [2.75, 3.05) is 19.6 Å². The molecule has 0 aliphatic heterocycles. The SMILES string of the molecule is Cc1cc(C)c(C(=O)P(NCCCC(CCCCNP(=O)(C(=O)c2c(C)cc(C)cc2C)c2ccccc2)CNP(=O)(C(=O)c2c(C)cc(C)cc2C)c2ccccc2)c2ccccc2)c(C)c1. The van der Waals surface area contributed by atoms with Crippen LogP contribution in [0, 0.1) is 68.2 Å². The summed E-state index contributed by atoms with van der Waals surface area (Å²) < 4.78 is 30.3. The van der Waals surface area contributed by atoms with E-state index in [9.17, 15) is 18.9 Å². The van der Waals surface area contributed by atoms with Crippen molar-refractivity contribution in [2.45, 2.75) is 94.4 Å². The Bertz CT molecular complexity index is 2780. The first-order chi connectivity index (χ1) is 32.4. The summed E-state index contributed by atoms with van der Waals surface area (Å²) in [5.41, 5.74) is 9.35. The first-order valence-corrected chi connectivity index (χ1v) is 28.5. The molecule has 0 radical (unpaired) electrons. The molecule has 11 heteroatoms. The normalized spacial score (nSPS) is 14.1. The minimum atomic E-state index is -3.85. The van der Waals surface area contributed by atoms with Crippen LogP contribution in [0.2, 0.25) is 0 Å². The topological polar surface area (TPSA) is 121 Å². The maximum Gasteiger partial charge on any atom is 0.243 e. The monoisotopic (exact) mass is 967 g/mol. The largest absolute Gasteiger partial charge is 0.293 e. The van der Waals surface area contributed by atoms with Gasteiger partial charge in [-0.25, -0.2) is 0 Å². The highest BCUT2D eigenvalue weighted by molar-refractivity contribution is 7.86. The van der Waals surface area contributed by atoms with Gasteiger partial charge in [0.15, 0.2) is 0 Å². The Balaban J connectivity index is 1.23. The van der Waals surface area contributed by atoms with Crippen LogP contribution in [0.5, 0.6) is 0 Å². The van der Waals surface area contributed by atoms with E-state index in [1.54, 1.807) is 24.3 Å². The van der Waals surface area contributed by atoms with Gasteiger partial charge in [-0.1, -0.05) is 126 Å². The van der Waals surface area contributed by atoms with Crippen molar-refractivity contribution < 1.29 is 23.5 Å². The molecule has 0 spiro atoms. The van der Waals surface area contributed by atoms with E-state index in [2.05, 4.69) is 27.4 Å². The van der Waals surface area contributed by atoms with Gasteiger partial charge in [-0.05, 0) is 163 Å². The van der Waals surface area contributed by atoms with E-state index in [0.717, 1.165) is 80.2 Å². The van der Waals surface area contributed by atoms with Crippen LogP contribution in [0.15, 0.2) is 127 Å². The summed E-state index contributed by atoms with van der Waals surface area (Å²) in [4.78, 5) is 43.4. The third-order valence-corrected chi connectivity index (χ3v) is 19.7. The second-order valence-electron chi connectivity index (χ2n) is 18.5. The lowest BCUT2D eigenvalue weighted by Gasteiger charge is -2.25. The molecule has 0 aliphatic rings. The van der Waals surface area contributed by atoms with Crippen molar-refractivity contribution in [1.29, 1.82) is 0 Å². The zero-order chi connectivity index (χ0) is 49.2. The summed E-state index contributed by atoms with van der Waals surface area (Å²) >= 11 is 0. The van der Waals surface area contributed by atoms with E-state index >= 15 is 4.57 Å². The van der Waals surface area contributed by atoms with Crippen molar-refractivity contribution in [3.63, 3.8) is 0 Å². The van der Waals surface area contributed by atoms with Crippen molar-refractivity contribution >= 4 is 55.1 Å². The highest BCUT2D eigenvalue weighted by atomic mass is 31.2. The van der Waals surface area contributed by atoms with Gasteiger partial charge >= 0.3 is 0 Å². The molecule has 0 bridgehead atoms. The predicted molar refractivity (Wildman–Crippen MR) is 286 cm³/mol. The third kappa shape index (κ3) is 12.5. The van der Waals surface area contributed by atoms with Crippen molar-refractivity contribution in [2.24, 2.45) is 5.92 Å². The lowest BCUT2D eigenvalue weighted by Crippen LogP contribution is -2.31. The van der Waals surface area contributed by atoms with Gasteiger partial charge in [0.1, 0.15) is 0 Å². The zero-order valence-electron chi connectivity index (χ0n) is 41.2. The smallest absolute Gasteiger partial charge is 0.243 e. The van der Waals surface area contributed by atoms with Crippen LogP contribution < -0.4 is 31.2 Å². The van der Waals surface area contributed by atoms with Gasteiger partial charge in [0.25, 0.3) is 0 Å². The van der Waals surface area contributed by atoms with Crippen LogP contribution in [0.3, 0.4) is 0 Å². The van der Waals surface area contributed by atoms with E-state index in [-0.39, 0.29) is 11.4 Å². The molecular weight excluding hydrogens is 900 g/mol. The van der Waals surface area contributed by atoms with Gasteiger partial charge < -0.3 is 0 Å². The van der Waals surface area contributed by atoms with Crippen molar-refractivity contribution in [3.05, 3.63) is 194 Å². The molecular formula is C57H68N3O5P3. The fourth-order valence-corrected chi connectivity index (χ4v) is 16.3. The van der Waals surface area contributed by atoms with Crippen LogP contribution in [0.1, 0.15) is 113 Å². The van der Waals surface area contributed by atoms with Gasteiger partial charge in [0.2, 0.25) is 31.2 Å².